The van der Waals surface area contributed by atoms with Crippen molar-refractivity contribution in [2.75, 3.05) is 5.32 Å². The second-order valence-electron chi connectivity index (χ2n) is 11.3. The van der Waals surface area contributed by atoms with Gasteiger partial charge in [-0.25, -0.2) is 18.1 Å². The van der Waals surface area contributed by atoms with Crippen molar-refractivity contribution in [3.8, 4) is 28.4 Å². The Morgan fingerprint density at radius 2 is 1.78 bits per heavy atom. The van der Waals surface area contributed by atoms with Crippen molar-refractivity contribution in [3.63, 3.8) is 0 Å². The number of aliphatic hydroxyl groups is 1. The molecule has 3 heterocycles. The Hall–Kier alpha value is -5.43. The monoisotopic (exact) mass is 616 g/mol. The molecule has 45 heavy (non-hydrogen) atoms. The van der Waals surface area contributed by atoms with Gasteiger partial charge in [0.05, 0.1) is 29.7 Å². The van der Waals surface area contributed by atoms with Crippen molar-refractivity contribution in [1.29, 1.82) is 0 Å². The van der Waals surface area contributed by atoms with E-state index in [2.05, 4.69) is 15.4 Å². The zero-order valence-corrected chi connectivity index (χ0v) is 24.9. The summed E-state index contributed by atoms with van der Waals surface area (Å²) in [5.74, 6) is -2.06. The number of hydrogen-bond donors (Lipinski definition) is 2. The molecule has 0 atom stereocenters. The van der Waals surface area contributed by atoms with Crippen LogP contribution in [0.5, 0.6) is 11.5 Å². The lowest BCUT2D eigenvalue weighted by atomic mass is 10.1. The Morgan fingerprint density at radius 1 is 1.04 bits per heavy atom. The lowest BCUT2D eigenvalue weighted by Crippen LogP contribution is -2.42. The molecule has 0 unspecified atom stereocenters. The summed E-state index contributed by atoms with van der Waals surface area (Å²) in [7, 11) is 0. The number of nitrogens with zero attached hydrogens (tertiary/aromatic N) is 5. The van der Waals surface area contributed by atoms with Crippen LogP contribution in [-0.4, -0.2) is 40.5 Å². The van der Waals surface area contributed by atoms with Gasteiger partial charge in [0.2, 0.25) is 0 Å². The average Bonchev–Trinajstić information content (AvgIpc) is 3.42. The summed E-state index contributed by atoms with van der Waals surface area (Å²) in [5, 5.41) is 16.8. The number of aromatic nitrogens is 5. The third-order valence-electron chi connectivity index (χ3n) is 6.63. The Balaban J connectivity index is 1.37. The second-order valence-corrected chi connectivity index (χ2v) is 11.3. The summed E-state index contributed by atoms with van der Waals surface area (Å²) < 4.78 is 37.9. The summed E-state index contributed by atoms with van der Waals surface area (Å²) in [4.78, 5) is 43.9. The Kier molecular flexibility index (Phi) is 8.47. The fourth-order valence-electron chi connectivity index (χ4n) is 4.51. The molecule has 2 aromatic carbocycles. The van der Waals surface area contributed by atoms with Crippen molar-refractivity contribution in [3.05, 3.63) is 117 Å². The molecule has 0 saturated heterocycles. The molecule has 0 spiro atoms. The Morgan fingerprint density at radius 3 is 2.44 bits per heavy atom. The van der Waals surface area contributed by atoms with Crippen molar-refractivity contribution >= 4 is 11.6 Å². The fraction of sp³-hybridized carbons (Fsp3) is 0.219. The van der Waals surface area contributed by atoms with Crippen LogP contribution in [0.15, 0.2) is 89.0 Å². The first-order chi connectivity index (χ1) is 21.3. The molecule has 13 heteroatoms. The van der Waals surface area contributed by atoms with Gasteiger partial charge in [0.1, 0.15) is 17.1 Å². The van der Waals surface area contributed by atoms with E-state index >= 15 is 4.39 Å². The number of carbonyl (C=O) groups is 1. The summed E-state index contributed by atoms with van der Waals surface area (Å²) in [6.45, 7) is 7.03. The van der Waals surface area contributed by atoms with Crippen LogP contribution in [0, 0.1) is 11.6 Å². The topological polar surface area (TPSA) is 133 Å². The zero-order valence-electron chi connectivity index (χ0n) is 24.9. The molecule has 0 fully saturated rings. The van der Waals surface area contributed by atoms with E-state index in [0.29, 0.717) is 17.0 Å². The number of carbonyl (C=O) groups excluding carboxylic acids is 1. The minimum Gasteiger partial charge on any atom is -0.454 e. The quantitative estimate of drug-likeness (QED) is 0.240. The van der Waals surface area contributed by atoms with Gasteiger partial charge in [-0.1, -0.05) is 0 Å². The largest absolute Gasteiger partial charge is 0.454 e. The number of ether oxygens (including phenoxy) is 1. The van der Waals surface area contributed by atoms with E-state index in [-0.39, 0.29) is 29.2 Å². The van der Waals surface area contributed by atoms with E-state index in [1.807, 2.05) is 0 Å². The third-order valence-corrected chi connectivity index (χ3v) is 6.63. The number of anilines is 1. The molecule has 232 valence electrons. The summed E-state index contributed by atoms with van der Waals surface area (Å²) in [5.41, 5.74) is -1.62. The molecule has 0 saturated carbocycles. The van der Waals surface area contributed by atoms with E-state index in [4.69, 9.17) is 4.74 Å². The van der Waals surface area contributed by atoms with Gasteiger partial charge in [-0.3, -0.25) is 23.8 Å². The van der Waals surface area contributed by atoms with E-state index in [1.54, 1.807) is 56.9 Å². The molecule has 2 N–H and O–H groups in total. The van der Waals surface area contributed by atoms with Crippen LogP contribution in [0.25, 0.3) is 16.9 Å². The third kappa shape index (κ3) is 7.04. The highest BCUT2D eigenvalue weighted by Gasteiger charge is 2.21. The van der Waals surface area contributed by atoms with Crippen LogP contribution in [0.3, 0.4) is 0 Å². The average molecular weight is 617 g/mol. The maximum Gasteiger partial charge on any atom is 0.335 e. The summed E-state index contributed by atoms with van der Waals surface area (Å²) >= 11 is 0. The minimum absolute atomic E-state index is 0.0366. The number of pyridine rings is 1. The molecule has 0 bridgehead atoms. The highest BCUT2D eigenvalue weighted by atomic mass is 19.1. The summed E-state index contributed by atoms with van der Waals surface area (Å²) in [6.07, 6.45) is 5.97. The smallest absolute Gasteiger partial charge is 0.335 e. The number of amides is 1. The lowest BCUT2D eigenvalue weighted by Gasteiger charge is -2.16. The number of halogens is 2. The van der Waals surface area contributed by atoms with Gasteiger partial charge < -0.3 is 15.2 Å². The SMILES string of the molecule is CC(C)n1cc(C(=O)Nc2ccc(Oc3ccnc(-c4cnn(CC(C)(C)O)c4)c3)c(F)c2)c(=O)n(-c2ccc(F)cc2)c1=O. The van der Waals surface area contributed by atoms with E-state index < -0.39 is 40.4 Å². The molecule has 11 nitrogen and oxygen atoms in total. The van der Waals surface area contributed by atoms with Gasteiger partial charge in [-0.2, -0.15) is 5.10 Å². The van der Waals surface area contributed by atoms with Gasteiger partial charge in [0.15, 0.2) is 11.6 Å². The molecular formula is C32H30F2N6O5. The van der Waals surface area contributed by atoms with Crippen LogP contribution in [0.2, 0.25) is 0 Å². The van der Waals surface area contributed by atoms with E-state index in [0.717, 1.165) is 29.0 Å². The number of rotatable bonds is 9. The molecule has 1 amide bonds. The van der Waals surface area contributed by atoms with E-state index in [1.165, 1.54) is 35.0 Å². The molecule has 3 aromatic heterocycles. The zero-order chi connectivity index (χ0) is 32.5. The predicted octanol–water partition coefficient (Wildman–Crippen LogP) is 4.93. The maximum atomic E-state index is 15.1. The lowest BCUT2D eigenvalue weighted by molar-refractivity contribution is 0.0577. The van der Waals surface area contributed by atoms with Crippen molar-refractivity contribution in [2.24, 2.45) is 0 Å². The Labute approximate surface area is 256 Å². The van der Waals surface area contributed by atoms with Crippen molar-refractivity contribution in [2.45, 2.75) is 45.9 Å². The molecule has 0 aliphatic carbocycles. The van der Waals surface area contributed by atoms with Crippen LogP contribution >= 0.6 is 0 Å². The van der Waals surface area contributed by atoms with Crippen LogP contribution in [0.1, 0.15) is 44.1 Å². The van der Waals surface area contributed by atoms with Gasteiger partial charge in [-0.15, -0.1) is 0 Å². The van der Waals surface area contributed by atoms with Crippen molar-refractivity contribution < 1.29 is 23.4 Å². The molecule has 5 rings (SSSR count). The minimum atomic E-state index is -0.953. The van der Waals surface area contributed by atoms with Crippen molar-refractivity contribution in [1.82, 2.24) is 23.9 Å². The highest BCUT2D eigenvalue weighted by Crippen LogP contribution is 2.29. The first-order valence-electron chi connectivity index (χ1n) is 13.9. The molecule has 5 aromatic rings. The Bertz CT molecular complexity index is 1990. The number of hydrogen-bond acceptors (Lipinski definition) is 7. The number of benzene rings is 2. The standard InChI is InChI=1S/C32H30F2N6O5/c1-19(2)39-17-25(30(42)40(31(39)43)23-8-5-21(33)6-9-23)29(41)37-22-7-10-28(26(34)13-22)45-24-11-12-35-27(14-24)20-15-36-38(16-20)18-32(3,4)44/h5-17,19,44H,18H2,1-4H3,(H,37,41). The molecule has 0 aliphatic heterocycles. The highest BCUT2D eigenvalue weighted by molar-refractivity contribution is 6.03. The predicted molar refractivity (Wildman–Crippen MR) is 163 cm³/mol. The van der Waals surface area contributed by atoms with E-state index in [9.17, 15) is 23.9 Å². The van der Waals surface area contributed by atoms with Gasteiger partial charge in [0, 0.05) is 48.0 Å². The second kappa shape index (κ2) is 12.3. The molecule has 0 radical (unpaired) electrons. The van der Waals surface area contributed by atoms with Gasteiger partial charge >= 0.3 is 5.69 Å². The first-order valence-corrected chi connectivity index (χ1v) is 13.9. The maximum absolute atomic E-state index is 15.1. The molecule has 0 aliphatic rings. The first kappa shape index (κ1) is 31.0. The van der Waals surface area contributed by atoms with Gasteiger partial charge in [-0.05, 0) is 70.2 Å². The normalized spacial score (nSPS) is 11.6. The van der Waals surface area contributed by atoms with Crippen LogP contribution in [0.4, 0.5) is 14.5 Å². The van der Waals surface area contributed by atoms with Crippen LogP contribution in [-0.2, 0) is 6.54 Å². The van der Waals surface area contributed by atoms with Crippen LogP contribution < -0.4 is 21.3 Å². The fourth-order valence-corrected chi connectivity index (χ4v) is 4.51. The number of nitrogens with one attached hydrogen (secondary N) is 1. The molecular weight excluding hydrogens is 586 g/mol. The van der Waals surface area contributed by atoms with Gasteiger partial charge in [0.25, 0.3) is 11.5 Å². The summed E-state index contributed by atoms with van der Waals surface area (Å²) in [6, 6.07) is 11.2.